The van der Waals surface area contributed by atoms with E-state index >= 15 is 0 Å². The van der Waals surface area contributed by atoms with Gasteiger partial charge in [-0.25, -0.2) is 0 Å². The molecule has 0 saturated carbocycles. The van der Waals surface area contributed by atoms with Crippen LogP contribution < -0.4 is 4.89 Å². The second-order valence-electron chi connectivity index (χ2n) is 21.3. The van der Waals surface area contributed by atoms with Crippen LogP contribution >= 0.6 is 7.82 Å². The third kappa shape index (κ3) is 57.0. The fraction of sp³-hybridized carbons (Fsp3) is 0.806. The van der Waals surface area contributed by atoms with Crippen LogP contribution in [0.5, 0.6) is 0 Å². The van der Waals surface area contributed by atoms with Gasteiger partial charge >= 0.3 is 11.9 Å². The molecule has 0 bridgehead atoms. The summed E-state index contributed by atoms with van der Waals surface area (Å²) in [5, 5.41) is 0. The molecule has 0 aliphatic carbocycles. The van der Waals surface area contributed by atoms with E-state index in [2.05, 4.69) is 74.6 Å². The molecule has 2 unspecified atom stereocenters. The van der Waals surface area contributed by atoms with Crippen LogP contribution in [0.3, 0.4) is 0 Å². The lowest BCUT2D eigenvalue weighted by molar-refractivity contribution is -0.870. The number of allylic oxidation sites excluding steroid dienone is 10. The number of ether oxygens (including phenoxy) is 2. The van der Waals surface area contributed by atoms with Crippen LogP contribution in [0.4, 0.5) is 0 Å². The lowest BCUT2D eigenvalue weighted by atomic mass is 10.0. The molecule has 0 aliphatic rings. The molecule has 0 rings (SSSR count). The maximum atomic E-state index is 12.8. The van der Waals surface area contributed by atoms with Gasteiger partial charge in [0.2, 0.25) is 0 Å². The SMILES string of the molecule is CC/C=C\C/C=C\C/C=C\CCCCCCCCCC(=O)OC(COC(=O)CCCCCCCCCCCCCCCCCCCCC/C=C\C/C=C\CCCCCCC)COP(=O)([O-])OCC[N+](C)(C)C. The van der Waals surface area contributed by atoms with Gasteiger partial charge in [-0.3, -0.25) is 14.2 Å². The summed E-state index contributed by atoms with van der Waals surface area (Å²) in [6, 6.07) is 0. The fourth-order valence-corrected chi connectivity index (χ4v) is 9.14. The first-order valence-corrected chi connectivity index (χ1v) is 31.5. The average molecular weight is 1030 g/mol. The van der Waals surface area contributed by atoms with Gasteiger partial charge in [0.1, 0.15) is 19.8 Å². The summed E-state index contributed by atoms with van der Waals surface area (Å²) in [6.45, 7) is 4.13. The fourth-order valence-electron chi connectivity index (χ4n) is 8.41. The molecule has 0 aliphatic heterocycles. The molecule has 0 fully saturated rings. The van der Waals surface area contributed by atoms with Crippen molar-refractivity contribution in [2.75, 3.05) is 47.5 Å². The Bertz CT molecular complexity index is 1400. The van der Waals surface area contributed by atoms with Crippen LogP contribution in [-0.4, -0.2) is 70.0 Å². The summed E-state index contributed by atoms with van der Waals surface area (Å²) in [5.41, 5.74) is 0. The van der Waals surface area contributed by atoms with E-state index in [4.69, 9.17) is 18.5 Å². The number of nitrogens with zero attached hydrogens (tertiary/aromatic N) is 1. The number of phosphoric acid groups is 1. The first-order chi connectivity index (χ1) is 35.0. The van der Waals surface area contributed by atoms with E-state index in [-0.39, 0.29) is 32.0 Å². The summed E-state index contributed by atoms with van der Waals surface area (Å²) in [5.74, 6) is -0.837. The molecule has 0 N–H and O–H groups in total. The van der Waals surface area contributed by atoms with E-state index in [0.29, 0.717) is 17.4 Å². The molecule has 0 amide bonds. The van der Waals surface area contributed by atoms with Crippen LogP contribution in [0.1, 0.15) is 271 Å². The molecular formula is C62H114NO8P. The van der Waals surface area contributed by atoms with Crippen molar-refractivity contribution in [2.45, 2.75) is 277 Å². The van der Waals surface area contributed by atoms with Crippen molar-refractivity contribution in [3.8, 4) is 0 Å². The number of rotatable bonds is 55. The average Bonchev–Trinajstić information content (AvgIpc) is 3.34. The van der Waals surface area contributed by atoms with Gasteiger partial charge < -0.3 is 27.9 Å². The highest BCUT2D eigenvalue weighted by atomic mass is 31.2. The standard InChI is InChI=1S/C62H114NO8P/c1-6-8-10-12-14-16-18-20-22-24-25-26-27-28-29-30-31-32-33-34-35-36-37-39-40-42-44-46-48-50-52-54-61(64)68-58-60(59-70-72(66,67)69-57-56-63(3,4)5)71-62(65)55-53-51-49-47-45-43-41-38-23-21-19-17-15-13-11-9-7-2/h9,11,15,17-18,20-21,23-25,60H,6-8,10,12-14,16,19,22,26-59H2,1-5H3/b11-9-,17-15-,20-18-,23-21-,25-24-. The Kier molecular flexibility index (Phi) is 51.8. The van der Waals surface area contributed by atoms with E-state index in [1.54, 1.807) is 0 Å². The highest BCUT2D eigenvalue weighted by molar-refractivity contribution is 7.45. The maximum Gasteiger partial charge on any atom is 0.306 e. The minimum Gasteiger partial charge on any atom is -0.756 e. The molecule has 0 aromatic carbocycles. The second-order valence-corrected chi connectivity index (χ2v) is 22.7. The lowest BCUT2D eigenvalue weighted by Gasteiger charge is -2.28. The van der Waals surface area contributed by atoms with Gasteiger partial charge in [-0.2, -0.15) is 0 Å². The summed E-state index contributed by atoms with van der Waals surface area (Å²) >= 11 is 0. The molecular weight excluding hydrogens is 918 g/mol. The number of phosphoric ester groups is 1. The van der Waals surface area contributed by atoms with Crippen molar-refractivity contribution >= 4 is 19.8 Å². The molecule has 9 nitrogen and oxygen atoms in total. The topological polar surface area (TPSA) is 111 Å². The maximum absolute atomic E-state index is 12.8. The molecule has 0 heterocycles. The molecule has 0 aromatic rings. The summed E-state index contributed by atoms with van der Waals surface area (Å²) in [4.78, 5) is 37.9. The highest BCUT2D eigenvalue weighted by Gasteiger charge is 2.22. The van der Waals surface area contributed by atoms with Crippen LogP contribution in [-0.2, 0) is 32.7 Å². The smallest absolute Gasteiger partial charge is 0.306 e. The van der Waals surface area contributed by atoms with Gasteiger partial charge in [0.25, 0.3) is 7.82 Å². The Morgan fingerprint density at radius 3 is 1.18 bits per heavy atom. The Hall–Kier alpha value is -2.29. The molecule has 420 valence electrons. The first-order valence-electron chi connectivity index (χ1n) is 30.0. The zero-order valence-electron chi connectivity index (χ0n) is 47.6. The molecule has 10 heteroatoms. The predicted octanol–water partition coefficient (Wildman–Crippen LogP) is 18.1. The molecule has 0 saturated heterocycles. The summed E-state index contributed by atoms with van der Waals surface area (Å²) in [7, 11) is 1.16. The monoisotopic (exact) mass is 1030 g/mol. The van der Waals surface area contributed by atoms with Crippen molar-refractivity contribution in [1.29, 1.82) is 0 Å². The molecule has 0 radical (unpaired) electrons. The van der Waals surface area contributed by atoms with E-state index in [1.807, 2.05) is 21.1 Å². The van der Waals surface area contributed by atoms with Gasteiger partial charge in [-0.05, 0) is 77.0 Å². The number of unbranched alkanes of at least 4 members (excludes halogenated alkanes) is 31. The van der Waals surface area contributed by atoms with E-state index in [1.165, 1.54) is 167 Å². The van der Waals surface area contributed by atoms with Crippen LogP contribution in [0.25, 0.3) is 0 Å². The molecule has 2 atom stereocenters. The third-order valence-electron chi connectivity index (χ3n) is 13.0. The van der Waals surface area contributed by atoms with Gasteiger partial charge in [-0.15, -0.1) is 0 Å². The Labute approximate surface area is 445 Å². The van der Waals surface area contributed by atoms with Gasteiger partial charge in [0, 0.05) is 12.8 Å². The van der Waals surface area contributed by atoms with Gasteiger partial charge in [0.15, 0.2) is 6.10 Å². The van der Waals surface area contributed by atoms with Crippen LogP contribution in [0.15, 0.2) is 60.8 Å². The molecule has 72 heavy (non-hydrogen) atoms. The van der Waals surface area contributed by atoms with Crippen LogP contribution in [0.2, 0.25) is 0 Å². The highest BCUT2D eigenvalue weighted by Crippen LogP contribution is 2.38. The number of carbonyl (C=O) groups is 2. The van der Waals surface area contributed by atoms with Crippen molar-refractivity contribution in [2.24, 2.45) is 0 Å². The second kappa shape index (κ2) is 53.5. The van der Waals surface area contributed by atoms with Gasteiger partial charge in [-0.1, -0.05) is 242 Å². The normalized spacial score (nSPS) is 13.7. The number of esters is 2. The number of carbonyl (C=O) groups excluding carboxylic acids is 2. The van der Waals surface area contributed by atoms with E-state index < -0.39 is 26.5 Å². The number of hydrogen-bond donors (Lipinski definition) is 0. The Balaban J connectivity index is 4.04. The van der Waals surface area contributed by atoms with Crippen molar-refractivity contribution in [3.63, 3.8) is 0 Å². The zero-order chi connectivity index (χ0) is 52.7. The summed E-state index contributed by atoms with van der Waals surface area (Å²) < 4.78 is 34.1. The number of quaternary nitrogens is 1. The van der Waals surface area contributed by atoms with Crippen molar-refractivity contribution in [1.82, 2.24) is 0 Å². The minimum atomic E-state index is -4.64. The van der Waals surface area contributed by atoms with Gasteiger partial charge in [0.05, 0.1) is 27.7 Å². The third-order valence-corrected chi connectivity index (χ3v) is 14.0. The quantitative estimate of drug-likeness (QED) is 0.0195. The largest absolute Gasteiger partial charge is 0.756 e. The molecule has 0 aromatic heterocycles. The van der Waals surface area contributed by atoms with Crippen molar-refractivity contribution < 1.29 is 42.1 Å². The van der Waals surface area contributed by atoms with Crippen LogP contribution in [0, 0.1) is 0 Å². The predicted molar refractivity (Wildman–Crippen MR) is 305 cm³/mol. The summed E-state index contributed by atoms with van der Waals surface area (Å²) in [6.07, 6.45) is 68.5. The number of hydrogen-bond acceptors (Lipinski definition) is 8. The first kappa shape index (κ1) is 69.7. The minimum absolute atomic E-state index is 0.0337. The Morgan fingerprint density at radius 1 is 0.444 bits per heavy atom. The number of likely N-dealkylation sites (N-methyl/N-ethyl adjacent to an activating group) is 1. The molecule has 0 spiro atoms. The Morgan fingerprint density at radius 2 is 0.792 bits per heavy atom. The lowest BCUT2D eigenvalue weighted by Crippen LogP contribution is -2.37. The van der Waals surface area contributed by atoms with E-state index in [0.717, 1.165) is 70.6 Å². The van der Waals surface area contributed by atoms with Crippen molar-refractivity contribution in [3.05, 3.63) is 60.8 Å². The van der Waals surface area contributed by atoms with E-state index in [9.17, 15) is 19.0 Å². The zero-order valence-corrected chi connectivity index (χ0v) is 48.5.